The molecule has 0 fully saturated rings. The lowest BCUT2D eigenvalue weighted by Gasteiger charge is -2.10. The highest BCUT2D eigenvalue weighted by Gasteiger charge is 2.10. The molecule has 1 atom stereocenters. The minimum absolute atomic E-state index is 0.153. The highest BCUT2D eigenvalue weighted by Crippen LogP contribution is 2.19. The maximum atomic E-state index is 13.4. The van der Waals surface area contributed by atoms with E-state index in [9.17, 15) is 9.18 Å². The summed E-state index contributed by atoms with van der Waals surface area (Å²) in [6, 6.07) is 5.03. The Labute approximate surface area is 97.8 Å². The largest absolute Gasteiger partial charge is 0.300 e. The topological polar surface area (TPSA) is 17.1 Å². The molecule has 0 aliphatic heterocycles. The third-order valence-corrected chi connectivity index (χ3v) is 2.71. The number of hydrogen-bond acceptors (Lipinski definition) is 1. The summed E-state index contributed by atoms with van der Waals surface area (Å²) in [7, 11) is 0. The highest BCUT2D eigenvalue weighted by molar-refractivity contribution is 9.10. The zero-order valence-electron chi connectivity index (χ0n) is 8.89. The van der Waals surface area contributed by atoms with Crippen LogP contribution in [-0.4, -0.2) is 5.78 Å². The molecule has 1 rings (SSSR count). The van der Waals surface area contributed by atoms with Crippen LogP contribution in [0.3, 0.4) is 0 Å². The molecule has 0 bridgehead atoms. The van der Waals surface area contributed by atoms with Gasteiger partial charge in [0.1, 0.15) is 11.6 Å². The van der Waals surface area contributed by atoms with Gasteiger partial charge in [0.2, 0.25) is 0 Å². The zero-order chi connectivity index (χ0) is 11.4. The fraction of sp³-hybridized carbons (Fsp3) is 0.417. The molecule has 0 saturated carbocycles. The van der Waals surface area contributed by atoms with E-state index in [2.05, 4.69) is 15.9 Å². The molecule has 0 aliphatic carbocycles. The number of Topliss-reactive ketones (excluding diaryl/α,β-unsaturated/α-hetero) is 1. The van der Waals surface area contributed by atoms with Crippen molar-refractivity contribution in [2.24, 2.45) is 5.92 Å². The van der Waals surface area contributed by atoms with Gasteiger partial charge >= 0.3 is 0 Å². The van der Waals surface area contributed by atoms with Crippen LogP contribution < -0.4 is 0 Å². The Morgan fingerprint density at radius 3 is 2.73 bits per heavy atom. The SMILES string of the molecule is CC(=O)CC(C)Cc1ccc(Br)cc1F. The van der Waals surface area contributed by atoms with Gasteiger partial charge in [0.05, 0.1) is 0 Å². The van der Waals surface area contributed by atoms with Crippen LogP contribution in [0.15, 0.2) is 22.7 Å². The van der Waals surface area contributed by atoms with Crippen LogP contribution in [0, 0.1) is 11.7 Å². The molecule has 0 amide bonds. The summed E-state index contributed by atoms with van der Waals surface area (Å²) in [5.41, 5.74) is 0.673. The summed E-state index contributed by atoms with van der Waals surface area (Å²) in [6.07, 6.45) is 1.12. The number of halogens is 2. The van der Waals surface area contributed by atoms with E-state index in [4.69, 9.17) is 0 Å². The summed E-state index contributed by atoms with van der Waals surface area (Å²) < 4.78 is 14.2. The second-order valence-corrected chi connectivity index (χ2v) is 4.87. The maximum Gasteiger partial charge on any atom is 0.130 e. The van der Waals surface area contributed by atoms with E-state index in [1.807, 2.05) is 13.0 Å². The Balaban J connectivity index is 2.68. The van der Waals surface area contributed by atoms with Crippen LogP contribution in [0.4, 0.5) is 4.39 Å². The molecule has 82 valence electrons. The van der Waals surface area contributed by atoms with Crippen molar-refractivity contribution in [1.29, 1.82) is 0 Å². The van der Waals surface area contributed by atoms with Gasteiger partial charge in [-0.15, -0.1) is 0 Å². The summed E-state index contributed by atoms with van der Waals surface area (Å²) in [6.45, 7) is 3.53. The van der Waals surface area contributed by atoms with E-state index in [-0.39, 0.29) is 17.5 Å². The Morgan fingerprint density at radius 2 is 2.20 bits per heavy atom. The normalized spacial score (nSPS) is 12.5. The van der Waals surface area contributed by atoms with E-state index in [1.54, 1.807) is 13.0 Å². The lowest BCUT2D eigenvalue weighted by molar-refractivity contribution is -0.117. The van der Waals surface area contributed by atoms with E-state index >= 15 is 0 Å². The fourth-order valence-corrected chi connectivity index (χ4v) is 1.96. The monoisotopic (exact) mass is 272 g/mol. The first-order valence-electron chi connectivity index (χ1n) is 4.92. The lowest BCUT2D eigenvalue weighted by atomic mass is 9.96. The van der Waals surface area contributed by atoms with Crippen molar-refractivity contribution in [3.8, 4) is 0 Å². The molecule has 0 radical (unpaired) electrons. The third kappa shape index (κ3) is 4.12. The Kier molecular flexibility index (Phi) is 4.45. The number of hydrogen-bond donors (Lipinski definition) is 0. The van der Waals surface area contributed by atoms with Crippen LogP contribution in [0.5, 0.6) is 0 Å². The van der Waals surface area contributed by atoms with Crippen LogP contribution >= 0.6 is 15.9 Å². The smallest absolute Gasteiger partial charge is 0.130 e. The fourth-order valence-electron chi connectivity index (χ4n) is 1.63. The van der Waals surface area contributed by atoms with E-state index in [1.165, 1.54) is 6.07 Å². The molecule has 0 saturated heterocycles. The number of benzene rings is 1. The first-order chi connectivity index (χ1) is 6.99. The quantitative estimate of drug-likeness (QED) is 0.816. The molecular formula is C12H14BrFO. The molecule has 15 heavy (non-hydrogen) atoms. The van der Waals surface area contributed by atoms with Gasteiger partial charge < -0.3 is 4.79 Å². The highest BCUT2D eigenvalue weighted by atomic mass is 79.9. The molecule has 0 N–H and O–H groups in total. The number of carbonyl (C=O) groups is 1. The van der Waals surface area contributed by atoms with Gasteiger partial charge in [0, 0.05) is 10.9 Å². The summed E-state index contributed by atoms with van der Waals surface area (Å²) in [5, 5.41) is 0. The summed E-state index contributed by atoms with van der Waals surface area (Å²) >= 11 is 3.21. The van der Waals surface area contributed by atoms with Gasteiger partial charge in [0.25, 0.3) is 0 Å². The maximum absolute atomic E-state index is 13.4. The van der Waals surface area contributed by atoms with Crippen LogP contribution in [-0.2, 0) is 11.2 Å². The van der Waals surface area contributed by atoms with Crippen molar-refractivity contribution in [3.63, 3.8) is 0 Å². The average Bonchev–Trinajstić information content (AvgIpc) is 2.08. The zero-order valence-corrected chi connectivity index (χ0v) is 10.5. The van der Waals surface area contributed by atoms with Crippen molar-refractivity contribution >= 4 is 21.7 Å². The van der Waals surface area contributed by atoms with E-state index in [0.29, 0.717) is 18.4 Å². The third-order valence-electron chi connectivity index (χ3n) is 2.22. The van der Waals surface area contributed by atoms with Gasteiger partial charge in [-0.2, -0.15) is 0 Å². The van der Waals surface area contributed by atoms with Crippen molar-refractivity contribution < 1.29 is 9.18 Å². The molecule has 1 unspecified atom stereocenters. The molecule has 3 heteroatoms. The molecule has 1 nitrogen and oxygen atoms in total. The van der Waals surface area contributed by atoms with Gasteiger partial charge in [-0.05, 0) is 37.0 Å². The Hall–Kier alpha value is -0.700. The second kappa shape index (κ2) is 5.40. The van der Waals surface area contributed by atoms with Crippen molar-refractivity contribution in [1.82, 2.24) is 0 Å². The first kappa shape index (κ1) is 12.4. The molecule has 0 aromatic heterocycles. The second-order valence-electron chi connectivity index (χ2n) is 3.95. The van der Waals surface area contributed by atoms with E-state index in [0.717, 1.165) is 4.47 Å². The molecule has 1 aromatic rings. The lowest BCUT2D eigenvalue weighted by Crippen LogP contribution is -2.06. The molecule has 1 aromatic carbocycles. The predicted octanol–water partition coefficient (Wildman–Crippen LogP) is 3.75. The summed E-state index contributed by atoms with van der Waals surface area (Å²) in [4.78, 5) is 10.9. The minimum atomic E-state index is -0.209. The first-order valence-corrected chi connectivity index (χ1v) is 5.71. The molecule has 0 aliphatic rings. The van der Waals surface area contributed by atoms with E-state index < -0.39 is 0 Å². The van der Waals surface area contributed by atoms with Crippen molar-refractivity contribution in [2.45, 2.75) is 26.7 Å². The van der Waals surface area contributed by atoms with Crippen molar-refractivity contribution in [2.75, 3.05) is 0 Å². The minimum Gasteiger partial charge on any atom is -0.300 e. The standard InChI is InChI=1S/C12H14BrFO/c1-8(5-9(2)15)6-10-3-4-11(13)7-12(10)14/h3-4,7-8H,5-6H2,1-2H3. The Morgan fingerprint density at radius 1 is 1.53 bits per heavy atom. The molecule has 0 heterocycles. The number of carbonyl (C=O) groups excluding carboxylic acids is 1. The molecular weight excluding hydrogens is 259 g/mol. The van der Waals surface area contributed by atoms with Crippen LogP contribution in [0.2, 0.25) is 0 Å². The van der Waals surface area contributed by atoms with Crippen LogP contribution in [0.1, 0.15) is 25.8 Å². The molecule has 0 spiro atoms. The summed E-state index contributed by atoms with van der Waals surface area (Å²) in [5.74, 6) is 0.137. The average molecular weight is 273 g/mol. The van der Waals surface area contributed by atoms with Gasteiger partial charge in [-0.1, -0.05) is 28.9 Å². The number of rotatable bonds is 4. The predicted molar refractivity (Wildman–Crippen MR) is 62.3 cm³/mol. The van der Waals surface area contributed by atoms with Crippen LogP contribution in [0.25, 0.3) is 0 Å². The van der Waals surface area contributed by atoms with Gasteiger partial charge in [-0.25, -0.2) is 4.39 Å². The van der Waals surface area contributed by atoms with Crippen molar-refractivity contribution in [3.05, 3.63) is 34.1 Å². The van der Waals surface area contributed by atoms with Gasteiger partial charge in [0.15, 0.2) is 0 Å². The number of ketones is 1. The van der Waals surface area contributed by atoms with Gasteiger partial charge in [-0.3, -0.25) is 0 Å². The Bertz CT molecular complexity index is 363.